The van der Waals surface area contributed by atoms with Crippen molar-refractivity contribution in [2.24, 2.45) is 5.73 Å². The lowest BCUT2D eigenvalue weighted by molar-refractivity contribution is 0.215. The van der Waals surface area contributed by atoms with Crippen LogP contribution in [0, 0.1) is 0 Å². The first-order valence-corrected chi connectivity index (χ1v) is 7.08. The molecule has 15 heavy (non-hydrogen) atoms. The molecule has 1 heterocycles. The summed E-state index contributed by atoms with van der Waals surface area (Å²) in [5.74, 6) is 0. The third-order valence-electron chi connectivity index (χ3n) is 2.50. The zero-order chi connectivity index (χ0) is 11.3. The van der Waals surface area contributed by atoms with E-state index in [1.54, 1.807) is 11.3 Å². The second kappa shape index (κ2) is 6.63. The van der Waals surface area contributed by atoms with E-state index in [1.807, 2.05) is 0 Å². The minimum absolute atomic E-state index is 0.381. The van der Waals surface area contributed by atoms with Crippen molar-refractivity contribution >= 4 is 27.3 Å². The number of hydrogen-bond donors (Lipinski definition) is 1. The van der Waals surface area contributed by atoms with Gasteiger partial charge in [-0.1, -0.05) is 13.8 Å². The Bertz CT molecular complexity index is 288. The molecular formula is C11H19BrN2S. The molecule has 4 heteroatoms. The zero-order valence-electron chi connectivity index (χ0n) is 9.37. The summed E-state index contributed by atoms with van der Waals surface area (Å²) < 4.78 is 1.16. The van der Waals surface area contributed by atoms with Crippen LogP contribution < -0.4 is 5.73 Å². The summed E-state index contributed by atoms with van der Waals surface area (Å²) in [6, 6.07) is 2.56. The van der Waals surface area contributed by atoms with E-state index in [0.717, 1.165) is 17.6 Å². The maximum absolute atomic E-state index is 5.87. The first kappa shape index (κ1) is 13.2. The Morgan fingerprint density at radius 3 is 2.67 bits per heavy atom. The van der Waals surface area contributed by atoms with Gasteiger partial charge in [0.25, 0.3) is 0 Å². The van der Waals surface area contributed by atoms with Crippen molar-refractivity contribution in [2.45, 2.75) is 26.3 Å². The predicted octanol–water partition coefficient (Wildman–Crippen LogP) is 3.24. The molecule has 0 aromatic carbocycles. The van der Waals surface area contributed by atoms with Crippen LogP contribution in [0.2, 0.25) is 0 Å². The maximum Gasteiger partial charge on any atom is 0.0564 e. The molecular weight excluding hydrogens is 272 g/mol. The van der Waals surface area contributed by atoms with Crippen LogP contribution in [0.1, 0.15) is 31.2 Å². The molecule has 0 spiro atoms. The third kappa shape index (κ3) is 3.55. The van der Waals surface area contributed by atoms with Gasteiger partial charge in [0.05, 0.1) is 6.04 Å². The summed E-state index contributed by atoms with van der Waals surface area (Å²) >= 11 is 5.27. The first-order chi connectivity index (χ1) is 7.22. The van der Waals surface area contributed by atoms with Crippen LogP contribution in [0.5, 0.6) is 0 Å². The van der Waals surface area contributed by atoms with Crippen LogP contribution in [-0.2, 0) is 0 Å². The van der Waals surface area contributed by atoms with Gasteiger partial charge < -0.3 is 5.73 Å². The van der Waals surface area contributed by atoms with Crippen molar-refractivity contribution in [3.05, 3.63) is 20.8 Å². The van der Waals surface area contributed by atoms with Crippen molar-refractivity contribution in [2.75, 3.05) is 19.6 Å². The Labute approximate surface area is 105 Å². The number of thiophene rings is 1. The standard InChI is InChI=1S/C11H19BrN2S/c1-3-5-14(4-2)10(7-13)11-6-9(12)8-15-11/h6,8,10H,3-5,7,13H2,1-2H3. The number of nitrogens with two attached hydrogens (primary N) is 1. The van der Waals surface area contributed by atoms with Crippen LogP contribution in [0.25, 0.3) is 0 Å². The Morgan fingerprint density at radius 2 is 2.27 bits per heavy atom. The molecule has 2 nitrogen and oxygen atoms in total. The molecule has 1 aromatic rings. The fraction of sp³-hybridized carbons (Fsp3) is 0.636. The van der Waals surface area contributed by atoms with E-state index in [0.29, 0.717) is 12.6 Å². The van der Waals surface area contributed by atoms with Gasteiger partial charge in [0.1, 0.15) is 0 Å². The summed E-state index contributed by atoms with van der Waals surface area (Å²) in [4.78, 5) is 3.80. The number of likely N-dealkylation sites (N-methyl/N-ethyl adjacent to an activating group) is 1. The SMILES string of the molecule is CCCN(CC)C(CN)c1cc(Br)cs1. The van der Waals surface area contributed by atoms with Crippen molar-refractivity contribution in [1.82, 2.24) is 4.90 Å². The van der Waals surface area contributed by atoms with E-state index in [1.165, 1.54) is 11.3 Å². The third-order valence-corrected chi connectivity index (χ3v) is 4.29. The quantitative estimate of drug-likeness (QED) is 0.872. The summed E-state index contributed by atoms with van der Waals surface area (Å²) in [5.41, 5.74) is 5.87. The lowest BCUT2D eigenvalue weighted by Crippen LogP contribution is -2.33. The summed E-state index contributed by atoms with van der Waals surface area (Å²) in [6.45, 7) is 7.28. The maximum atomic E-state index is 5.87. The zero-order valence-corrected chi connectivity index (χ0v) is 11.8. The van der Waals surface area contributed by atoms with E-state index in [2.05, 4.69) is 46.1 Å². The highest BCUT2D eigenvalue weighted by Gasteiger charge is 2.18. The molecule has 1 aromatic heterocycles. The van der Waals surface area contributed by atoms with Crippen LogP contribution in [0.15, 0.2) is 15.9 Å². The highest BCUT2D eigenvalue weighted by Crippen LogP contribution is 2.28. The van der Waals surface area contributed by atoms with Crippen molar-refractivity contribution in [1.29, 1.82) is 0 Å². The Kier molecular flexibility index (Phi) is 5.82. The molecule has 2 N–H and O–H groups in total. The molecule has 0 bridgehead atoms. The predicted molar refractivity (Wildman–Crippen MR) is 71.4 cm³/mol. The second-order valence-corrected chi connectivity index (χ2v) is 5.41. The Balaban J connectivity index is 2.76. The second-order valence-electron chi connectivity index (χ2n) is 3.55. The minimum Gasteiger partial charge on any atom is -0.329 e. The van der Waals surface area contributed by atoms with Crippen LogP contribution in [-0.4, -0.2) is 24.5 Å². The molecule has 1 unspecified atom stereocenters. The van der Waals surface area contributed by atoms with Gasteiger partial charge >= 0.3 is 0 Å². The van der Waals surface area contributed by atoms with Gasteiger partial charge in [-0.25, -0.2) is 0 Å². The van der Waals surface area contributed by atoms with Gasteiger partial charge in [0.15, 0.2) is 0 Å². The highest BCUT2D eigenvalue weighted by molar-refractivity contribution is 9.10. The number of hydrogen-bond acceptors (Lipinski definition) is 3. The molecule has 0 amide bonds. The molecule has 0 saturated heterocycles. The largest absolute Gasteiger partial charge is 0.329 e. The molecule has 0 radical (unpaired) electrons. The van der Waals surface area contributed by atoms with Crippen molar-refractivity contribution in [3.63, 3.8) is 0 Å². The average molecular weight is 291 g/mol. The summed E-state index contributed by atoms with van der Waals surface area (Å²) in [7, 11) is 0. The Hall–Kier alpha value is 0.1000. The highest BCUT2D eigenvalue weighted by atomic mass is 79.9. The van der Waals surface area contributed by atoms with Gasteiger partial charge in [0.2, 0.25) is 0 Å². The van der Waals surface area contributed by atoms with E-state index < -0.39 is 0 Å². The average Bonchev–Trinajstić information content (AvgIpc) is 2.64. The lowest BCUT2D eigenvalue weighted by Gasteiger charge is -2.28. The van der Waals surface area contributed by atoms with Gasteiger partial charge in [-0.15, -0.1) is 11.3 Å². The summed E-state index contributed by atoms with van der Waals surface area (Å²) in [6.07, 6.45) is 1.18. The first-order valence-electron chi connectivity index (χ1n) is 5.40. The van der Waals surface area contributed by atoms with Crippen LogP contribution >= 0.6 is 27.3 Å². The van der Waals surface area contributed by atoms with Crippen molar-refractivity contribution < 1.29 is 0 Å². The molecule has 0 aliphatic rings. The molecule has 0 fully saturated rings. The van der Waals surface area contributed by atoms with E-state index in [-0.39, 0.29) is 0 Å². The number of rotatable bonds is 6. The van der Waals surface area contributed by atoms with Crippen molar-refractivity contribution in [3.8, 4) is 0 Å². The fourth-order valence-electron chi connectivity index (χ4n) is 1.77. The van der Waals surface area contributed by atoms with Crippen LogP contribution in [0.3, 0.4) is 0 Å². The molecule has 1 rings (SSSR count). The lowest BCUT2D eigenvalue weighted by atomic mass is 10.2. The normalized spacial score (nSPS) is 13.4. The van der Waals surface area contributed by atoms with E-state index in [4.69, 9.17) is 5.73 Å². The number of nitrogens with zero attached hydrogens (tertiary/aromatic N) is 1. The molecule has 86 valence electrons. The topological polar surface area (TPSA) is 29.3 Å². The monoisotopic (exact) mass is 290 g/mol. The Morgan fingerprint density at radius 1 is 1.53 bits per heavy atom. The van der Waals surface area contributed by atoms with Gasteiger partial charge in [-0.05, 0) is 41.5 Å². The molecule has 0 aliphatic heterocycles. The minimum atomic E-state index is 0.381. The fourth-order valence-corrected chi connectivity index (χ4v) is 3.36. The smallest absolute Gasteiger partial charge is 0.0564 e. The molecule has 0 saturated carbocycles. The van der Waals surface area contributed by atoms with Gasteiger partial charge in [0, 0.05) is 21.3 Å². The van der Waals surface area contributed by atoms with E-state index >= 15 is 0 Å². The summed E-state index contributed by atoms with van der Waals surface area (Å²) in [5, 5.41) is 2.12. The molecule has 1 atom stereocenters. The number of halogens is 1. The van der Waals surface area contributed by atoms with Crippen LogP contribution in [0.4, 0.5) is 0 Å². The van der Waals surface area contributed by atoms with Gasteiger partial charge in [-0.3, -0.25) is 4.90 Å². The van der Waals surface area contributed by atoms with E-state index in [9.17, 15) is 0 Å². The van der Waals surface area contributed by atoms with Gasteiger partial charge in [-0.2, -0.15) is 0 Å². The molecule has 0 aliphatic carbocycles.